The second-order valence-electron chi connectivity index (χ2n) is 8.40. The normalized spacial score (nSPS) is 11.9. The second-order valence-corrected chi connectivity index (χ2v) is 8.40. The van der Waals surface area contributed by atoms with Gasteiger partial charge in [0.2, 0.25) is 0 Å². The Morgan fingerprint density at radius 3 is 1.70 bits per heavy atom. The van der Waals surface area contributed by atoms with Gasteiger partial charge in [-0.05, 0) is 78.1 Å². The Balaban J connectivity index is 1.96. The Morgan fingerprint density at radius 1 is 0.704 bits per heavy atom. The third-order valence-corrected chi connectivity index (χ3v) is 5.36. The molecule has 0 fully saturated rings. The molecule has 0 aliphatic carbocycles. The van der Waals surface area contributed by atoms with Crippen LogP contribution in [0.4, 0.5) is 0 Å². The standard InChI is InChI=1S/C26H30O/c1-17(2)20-7-9-21(10-8-20)22-11-13-24(18(3)15-22)25-14-12-23(16-19(25)4)26(5,6)27/h7-17,27H,1-6H3. The van der Waals surface area contributed by atoms with Gasteiger partial charge in [-0.2, -0.15) is 0 Å². The molecular formula is C26H30O. The van der Waals surface area contributed by atoms with Crippen LogP contribution in [0.25, 0.3) is 22.3 Å². The van der Waals surface area contributed by atoms with Gasteiger partial charge < -0.3 is 5.11 Å². The fourth-order valence-electron chi connectivity index (χ4n) is 3.55. The van der Waals surface area contributed by atoms with E-state index in [9.17, 15) is 5.11 Å². The smallest absolute Gasteiger partial charge is 0.0840 e. The molecule has 0 aliphatic heterocycles. The lowest BCUT2D eigenvalue weighted by Crippen LogP contribution is -2.15. The van der Waals surface area contributed by atoms with E-state index in [-0.39, 0.29) is 0 Å². The number of hydrogen-bond acceptors (Lipinski definition) is 1. The third-order valence-electron chi connectivity index (χ3n) is 5.36. The molecule has 1 heteroatoms. The van der Waals surface area contributed by atoms with Crippen LogP contribution in [0.5, 0.6) is 0 Å². The predicted octanol–water partition coefficient (Wildman–Crippen LogP) is 6.99. The summed E-state index contributed by atoms with van der Waals surface area (Å²) in [7, 11) is 0. The molecular weight excluding hydrogens is 328 g/mol. The first kappa shape index (κ1) is 19.4. The number of aliphatic hydroxyl groups is 1. The zero-order valence-corrected chi connectivity index (χ0v) is 17.3. The van der Waals surface area contributed by atoms with E-state index in [1.807, 2.05) is 19.9 Å². The molecule has 27 heavy (non-hydrogen) atoms. The fourth-order valence-corrected chi connectivity index (χ4v) is 3.55. The number of rotatable bonds is 4. The van der Waals surface area contributed by atoms with E-state index < -0.39 is 5.60 Å². The molecule has 0 saturated carbocycles. The van der Waals surface area contributed by atoms with Crippen LogP contribution in [0.15, 0.2) is 60.7 Å². The summed E-state index contributed by atoms with van der Waals surface area (Å²) in [6, 6.07) is 21.8. The lowest BCUT2D eigenvalue weighted by Gasteiger charge is -2.20. The fraction of sp³-hybridized carbons (Fsp3) is 0.308. The topological polar surface area (TPSA) is 20.2 Å². The van der Waals surface area contributed by atoms with Crippen LogP contribution in [0.2, 0.25) is 0 Å². The summed E-state index contributed by atoms with van der Waals surface area (Å²) < 4.78 is 0. The Kier molecular flexibility index (Phi) is 5.26. The molecule has 0 spiro atoms. The molecule has 3 aromatic rings. The Bertz CT molecular complexity index is 941. The van der Waals surface area contributed by atoms with Gasteiger partial charge in [0.25, 0.3) is 0 Å². The Labute approximate surface area is 163 Å². The van der Waals surface area contributed by atoms with E-state index in [0.29, 0.717) is 5.92 Å². The van der Waals surface area contributed by atoms with Gasteiger partial charge in [-0.3, -0.25) is 0 Å². The summed E-state index contributed by atoms with van der Waals surface area (Å²) in [5.74, 6) is 0.554. The molecule has 0 heterocycles. The Hall–Kier alpha value is -2.38. The van der Waals surface area contributed by atoms with E-state index in [2.05, 4.69) is 82.3 Å². The van der Waals surface area contributed by atoms with Crippen LogP contribution in [0, 0.1) is 13.8 Å². The number of benzene rings is 3. The molecule has 0 saturated heterocycles. The highest BCUT2D eigenvalue weighted by Gasteiger charge is 2.17. The lowest BCUT2D eigenvalue weighted by atomic mass is 9.89. The van der Waals surface area contributed by atoms with Crippen LogP contribution in [0.1, 0.15) is 55.9 Å². The van der Waals surface area contributed by atoms with Gasteiger partial charge in [-0.1, -0.05) is 74.5 Å². The van der Waals surface area contributed by atoms with Crippen molar-refractivity contribution in [1.29, 1.82) is 0 Å². The minimum Gasteiger partial charge on any atom is -0.386 e. The second kappa shape index (κ2) is 7.32. The van der Waals surface area contributed by atoms with Crippen LogP contribution in [-0.4, -0.2) is 5.11 Å². The Morgan fingerprint density at radius 2 is 1.22 bits per heavy atom. The first-order valence-corrected chi connectivity index (χ1v) is 9.71. The van der Waals surface area contributed by atoms with Crippen molar-refractivity contribution in [2.24, 2.45) is 0 Å². The number of aryl methyl sites for hydroxylation is 2. The van der Waals surface area contributed by atoms with Gasteiger partial charge in [-0.25, -0.2) is 0 Å². The van der Waals surface area contributed by atoms with E-state index in [0.717, 1.165) is 5.56 Å². The molecule has 3 aromatic carbocycles. The van der Waals surface area contributed by atoms with Crippen LogP contribution >= 0.6 is 0 Å². The molecule has 0 unspecified atom stereocenters. The highest BCUT2D eigenvalue weighted by atomic mass is 16.3. The van der Waals surface area contributed by atoms with Gasteiger partial charge in [0, 0.05) is 0 Å². The maximum absolute atomic E-state index is 10.2. The monoisotopic (exact) mass is 358 g/mol. The highest BCUT2D eigenvalue weighted by molar-refractivity contribution is 5.75. The minimum atomic E-state index is -0.815. The summed E-state index contributed by atoms with van der Waals surface area (Å²) in [6.45, 7) is 12.4. The van der Waals surface area contributed by atoms with Gasteiger partial charge in [0.05, 0.1) is 5.60 Å². The quantitative estimate of drug-likeness (QED) is 0.533. The van der Waals surface area contributed by atoms with Crippen molar-refractivity contribution in [2.75, 3.05) is 0 Å². The van der Waals surface area contributed by atoms with Crippen molar-refractivity contribution in [3.05, 3.63) is 82.9 Å². The maximum atomic E-state index is 10.2. The van der Waals surface area contributed by atoms with E-state index in [1.165, 1.54) is 38.9 Å². The van der Waals surface area contributed by atoms with Crippen molar-refractivity contribution in [3.63, 3.8) is 0 Å². The largest absolute Gasteiger partial charge is 0.386 e. The zero-order valence-electron chi connectivity index (χ0n) is 17.3. The van der Waals surface area contributed by atoms with E-state index in [4.69, 9.17) is 0 Å². The van der Waals surface area contributed by atoms with E-state index >= 15 is 0 Å². The molecule has 1 N–H and O–H groups in total. The van der Waals surface area contributed by atoms with Crippen molar-refractivity contribution >= 4 is 0 Å². The molecule has 0 aromatic heterocycles. The average Bonchev–Trinajstić information content (AvgIpc) is 2.61. The van der Waals surface area contributed by atoms with Gasteiger partial charge in [0.1, 0.15) is 0 Å². The van der Waals surface area contributed by atoms with Crippen LogP contribution in [0.3, 0.4) is 0 Å². The summed E-state index contributed by atoms with van der Waals surface area (Å²) in [4.78, 5) is 0. The van der Waals surface area contributed by atoms with Crippen molar-refractivity contribution in [2.45, 2.75) is 53.1 Å². The summed E-state index contributed by atoms with van der Waals surface area (Å²) >= 11 is 0. The summed E-state index contributed by atoms with van der Waals surface area (Å²) in [5.41, 5.74) is 8.92. The lowest BCUT2D eigenvalue weighted by molar-refractivity contribution is 0.0785. The molecule has 0 aliphatic rings. The van der Waals surface area contributed by atoms with Gasteiger partial charge >= 0.3 is 0 Å². The number of hydrogen-bond donors (Lipinski definition) is 1. The van der Waals surface area contributed by atoms with Crippen LogP contribution in [-0.2, 0) is 5.60 Å². The van der Waals surface area contributed by atoms with E-state index in [1.54, 1.807) is 0 Å². The highest BCUT2D eigenvalue weighted by Crippen LogP contribution is 2.33. The molecule has 0 bridgehead atoms. The third kappa shape index (κ3) is 4.14. The van der Waals surface area contributed by atoms with Gasteiger partial charge in [-0.15, -0.1) is 0 Å². The summed E-state index contributed by atoms with van der Waals surface area (Å²) in [6.07, 6.45) is 0. The average molecular weight is 359 g/mol. The first-order valence-electron chi connectivity index (χ1n) is 9.71. The molecule has 1 nitrogen and oxygen atoms in total. The van der Waals surface area contributed by atoms with Gasteiger partial charge in [0.15, 0.2) is 0 Å². The summed E-state index contributed by atoms with van der Waals surface area (Å²) in [5, 5.41) is 10.2. The SMILES string of the molecule is Cc1cc(-c2ccc(C(C)C)cc2)ccc1-c1ccc(C(C)(C)O)cc1C. The minimum absolute atomic E-state index is 0.554. The van der Waals surface area contributed by atoms with Crippen molar-refractivity contribution in [1.82, 2.24) is 0 Å². The molecule has 3 rings (SSSR count). The molecule has 0 atom stereocenters. The molecule has 0 radical (unpaired) electrons. The van der Waals surface area contributed by atoms with Crippen molar-refractivity contribution < 1.29 is 5.11 Å². The van der Waals surface area contributed by atoms with Crippen LogP contribution < -0.4 is 0 Å². The molecule has 140 valence electrons. The zero-order chi connectivity index (χ0) is 19.8. The maximum Gasteiger partial charge on any atom is 0.0840 e. The predicted molar refractivity (Wildman–Crippen MR) is 116 cm³/mol. The first-order chi connectivity index (χ1) is 12.7. The molecule has 0 amide bonds. The van der Waals surface area contributed by atoms with Crippen molar-refractivity contribution in [3.8, 4) is 22.3 Å².